The fraction of sp³-hybridized carbons (Fsp3) is 0.353. The van der Waals surface area contributed by atoms with Crippen LogP contribution in [0.3, 0.4) is 0 Å². The first kappa shape index (κ1) is 19.0. The van der Waals surface area contributed by atoms with E-state index in [1.165, 1.54) is 0 Å². The van der Waals surface area contributed by atoms with Gasteiger partial charge in [0.25, 0.3) is 11.6 Å². The van der Waals surface area contributed by atoms with Crippen LogP contribution >= 0.6 is 12.4 Å². The average molecular weight is 365 g/mol. The Kier molecular flexibility index (Phi) is 5.81. The van der Waals surface area contributed by atoms with Gasteiger partial charge in [0.15, 0.2) is 0 Å². The van der Waals surface area contributed by atoms with Crippen LogP contribution in [0.5, 0.6) is 0 Å². The quantitative estimate of drug-likeness (QED) is 0.674. The van der Waals surface area contributed by atoms with Crippen molar-refractivity contribution in [2.45, 2.75) is 27.2 Å². The van der Waals surface area contributed by atoms with Gasteiger partial charge in [0.05, 0.1) is 22.3 Å². The summed E-state index contributed by atoms with van der Waals surface area (Å²) in [5.74, 6) is 1.33. The molecule has 0 saturated heterocycles. The van der Waals surface area contributed by atoms with E-state index in [4.69, 9.17) is 14.7 Å². The topological polar surface area (TPSA) is 107 Å². The van der Waals surface area contributed by atoms with Crippen LogP contribution in [0.1, 0.15) is 34.0 Å². The van der Waals surface area contributed by atoms with Gasteiger partial charge in [0.1, 0.15) is 11.5 Å². The van der Waals surface area contributed by atoms with Gasteiger partial charge in [-0.25, -0.2) is 4.98 Å². The molecular weight excluding hydrogens is 344 g/mol. The standard InChI is InChI=1S/C17H20N4O3.ClH/c1-9-7-12(11(3)23-9)14-8-13(16(22)19-6-4-5-18)15-10(2)21-24-17(15)20-14;/h7-8H,4-6,18H2,1-3H3,(H,19,22);1H. The Morgan fingerprint density at radius 2 is 2.04 bits per heavy atom. The highest BCUT2D eigenvalue weighted by molar-refractivity contribution is 6.07. The van der Waals surface area contributed by atoms with E-state index in [2.05, 4.69) is 15.5 Å². The van der Waals surface area contributed by atoms with Crippen molar-refractivity contribution in [3.8, 4) is 11.3 Å². The van der Waals surface area contributed by atoms with Crippen molar-refractivity contribution in [3.05, 3.63) is 34.9 Å². The second-order valence-electron chi connectivity index (χ2n) is 5.73. The monoisotopic (exact) mass is 364 g/mol. The molecule has 3 heterocycles. The SMILES string of the molecule is Cc1cc(-c2cc(C(=O)NCCCN)c3c(C)noc3n2)c(C)o1.Cl. The molecule has 134 valence electrons. The highest BCUT2D eigenvalue weighted by Crippen LogP contribution is 2.30. The molecular formula is C17H21ClN4O3. The van der Waals surface area contributed by atoms with E-state index < -0.39 is 0 Å². The van der Waals surface area contributed by atoms with Crippen molar-refractivity contribution >= 4 is 29.4 Å². The van der Waals surface area contributed by atoms with E-state index in [0.29, 0.717) is 41.1 Å². The van der Waals surface area contributed by atoms with Gasteiger partial charge in [-0.3, -0.25) is 4.79 Å². The molecule has 0 aliphatic carbocycles. The summed E-state index contributed by atoms with van der Waals surface area (Å²) in [6, 6.07) is 3.64. The number of furan rings is 1. The molecule has 3 rings (SSSR count). The molecule has 3 aromatic rings. The summed E-state index contributed by atoms with van der Waals surface area (Å²) in [4.78, 5) is 17.1. The van der Waals surface area contributed by atoms with Gasteiger partial charge in [0.2, 0.25) is 0 Å². The molecule has 3 aromatic heterocycles. The second kappa shape index (κ2) is 7.67. The molecule has 0 atom stereocenters. The number of fused-ring (bicyclic) bond motifs is 1. The van der Waals surface area contributed by atoms with Crippen molar-refractivity contribution in [1.29, 1.82) is 0 Å². The highest BCUT2D eigenvalue weighted by atomic mass is 35.5. The zero-order valence-electron chi connectivity index (χ0n) is 14.4. The molecule has 1 amide bonds. The number of nitrogens with zero attached hydrogens (tertiary/aromatic N) is 2. The normalized spacial score (nSPS) is 10.7. The van der Waals surface area contributed by atoms with Crippen LogP contribution in [-0.4, -0.2) is 29.1 Å². The Hall–Kier alpha value is -2.38. The number of nitrogens with two attached hydrogens (primary N) is 1. The number of carbonyl (C=O) groups excluding carboxylic acids is 1. The summed E-state index contributed by atoms with van der Waals surface area (Å²) in [5.41, 5.74) is 8.39. The van der Waals surface area contributed by atoms with E-state index in [1.54, 1.807) is 13.0 Å². The predicted molar refractivity (Wildman–Crippen MR) is 97.0 cm³/mol. The Morgan fingerprint density at radius 1 is 1.28 bits per heavy atom. The van der Waals surface area contributed by atoms with Crippen LogP contribution in [0.4, 0.5) is 0 Å². The number of hydrogen-bond acceptors (Lipinski definition) is 6. The first-order valence-electron chi connectivity index (χ1n) is 7.84. The molecule has 0 saturated carbocycles. The fourth-order valence-electron chi connectivity index (χ4n) is 2.70. The number of halogens is 1. The lowest BCUT2D eigenvalue weighted by molar-refractivity contribution is 0.0955. The first-order valence-corrected chi connectivity index (χ1v) is 7.84. The summed E-state index contributed by atoms with van der Waals surface area (Å²) in [6.07, 6.45) is 0.718. The van der Waals surface area contributed by atoms with Gasteiger partial charge < -0.3 is 20.0 Å². The van der Waals surface area contributed by atoms with E-state index >= 15 is 0 Å². The van der Waals surface area contributed by atoms with Crippen molar-refractivity contribution in [3.63, 3.8) is 0 Å². The van der Waals surface area contributed by atoms with Crippen LogP contribution < -0.4 is 11.1 Å². The third-order valence-corrected chi connectivity index (χ3v) is 3.85. The Morgan fingerprint density at radius 3 is 2.68 bits per heavy atom. The van der Waals surface area contributed by atoms with Gasteiger partial charge in [-0.2, -0.15) is 0 Å². The number of aromatic nitrogens is 2. The van der Waals surface area contributed by atoms with Crippen molar-refractivity contribution in [2.24, 2.45) is 5.73 Å². The lowest BCUT2D eigenvalue weighted by Crippen LogP contribution is -2.26. The van der Waals surface area contributed by atoms with Gasteiger partial charge in [-0.1, -0.05) is 5.16 Å². The van der Waals surface area contributed by atoms with Gasteiger partial charge in [-0.15, -0.1) is 12.4 Å². The summed E-state index contributed by atoms with van der Waals surface area (Å²) in [7, 11) is 0. The minimum Gasteiger partial charge on any atom is -0.466 e. The largest absolute Gasteiger partial charge is 0.466 e. The molecule has 0 aliphatic heterocycles. The third-order valence-electron chi connectivity index (χ3n) is 3.85. The van der Waals surface area contributed by atoms with Gasteiger partial charge in [-0.05, 0) is 45.9 Å². The zero-order chi connectivity index (χ0) is 17.3. The predicted octanol–water partition coefficient (Wildman–Crippen LogP) is 2.91. The average Bonchev–Trinajstić information content (AvgIpc) is 3.09. The molecule has 3 N–H and O–H groups in total. The highest BCUT2D eigenvalue weighted by Gasteiger charge is 2.20. The molecule has 0 spiro atoms. The number of hydrogen-bond donors (Lipinski definition) is 2. The maximum Gasteiger partial charge on any atom is 0.259 e. The van der Waals surface area contributed by atoms with Crippen LogP contribution in [-0.2, 0) is 0 Å². The third kappa shape index (κ3) is 3.67. The van der Waals surface area contributed by atoms with Crippen LogP contribution in [0, 0.1) is 20.8 Å². The lowest BCUT2D eigenvalue weighted by Gasteiger charge is -2.07. The number of pyridine rings is 1. The molecule has 0 fully saturated rings. The van der Waals surface area contributed by atoms with Crippen molar-refractivity contribution in [2.75, 3.05) is 13.1 Å². The van der Waals surface area contributed by atoms with E-state index in [9.17, 15) is 4.79 Å². The number of rotatable bonds is 5. The summed E-state index contributed by atoms with van der Waals surface area (Å²) in [6.45, 7) is 6.56. The maximum atomic E-state index is 12.6. The Labute approximate surface area is 151 Å². The number of carbonyl (C=O) groups is 1. The second-order valence-corrected chi connectivity index (χ2v) is 5.73. The zero-order valence-corrected chi connectivity index (χ0v) is 15.2. The van der Waals surface area contributed by atoms with Crippen molar-refractivity contribution in [1.82, 2.24) is 15.5 Å². The van der Waals surface area contributed by atoms with Crippen LogP contribution in [0.15, 0.2) is 21.1 Å². The molecule has 25 heavy (non-hydrogen) atoms. The molecule has 0 radical (unpaired) electrons. The molecule has 0 aliphatic rings. The van der Waals surface area contributed by atoms with Crippen LogP contribution in [0.2, 0.25) is 0 Å². The lowest BCUT2D eigenvalue weighted by atomic mass is 10.1. The minimum absolute atomic E-state index is 0. The van der Waals surface area contributed by atoms with Gasteiger partial charge >= 0.3 is 0 Å². The number of aryl methyl sites for hydroxylation is 3. The van der Waals surface area contributed by atoms with Gasteiger partial charge in [0, 0.05) is 12.1 Å². The first-order chi connectivity index (χ1) is 11.5. The smallest absolute Gasteiger partial charge is 0.259 e. The molecule has 0 unspecified atom stereocenters. The number of amides is 1. The van der Waals surface area contributed by atoms with Crippen molar-refractivity contribution < 1.29 is 13.7 Å². The number of nitrogens with one attached hydrogen (secondary N) is 1. The fourth-order valence-corrected chi connectivity index (χ4v) is 2.70. The van der Waals surface area contributed by atoms with Crippen LogP contribution in [0.25, 0.3) is 22.4 Å². The summed E-state index contributed by atoms with van der Waals surface area (Å²) < 4.78 is 10.8. The Balaban J connectivity index is 0.00000225. The van der Waals surface area contributed by atoms with E-state index in [0.717, 1.165) is 23.5 Å². The maximum absolute atomic E-state index is 12.6. The summed E-state index contributed by atoms with van der Waals surface area (Å²) >= 11 is 0. The molecule has 7 nitrogen and oxygen atoms in total. The molecule has 0 bridgehead atoms. The Bertz CT molecular complexity index is 901. The molecule has 8 heteroatoms. The van der Waals surface area contributed by atoms with E-state index in [1.807, 2.05) is 19.9 Å². The molecule has 0 aromatic carbocycles. The van der Waals surface area contributed by atoms with E-state index in [-0.39, 0.29) is 18.3 Å². The summed E-state index contributed by atoms with van der Waals surface area (Å²) in [5, 5.41) is 7.43. The minimum atomic E-state index is -0.193.